The van der Waals surface area contributed by atoms with Gasteiger partial charge in [0.1, 0.15) is 17.0 Å². The van der Waals surface area contributed by atoms with Crippen molar-refractivity contribution in [1.29, 1.82) is 0 Å². The topological polar surface area (TPSA) is 101 Å². The third-order valence-corrected chi connectivity index (χ3v) is 5.07. The Morgan fingerprint density at radius 3 is 2.64 bits per heavy atom. The fourth-order valence-corrected chi connectivity index (χ4v) is 3.61. The molecule has 8 nitrogen and oxygen atoms in total. The summed E-state index contributed by atoms with van der Waals surface area (Å²) in [4.78, 5) is 9.06. The molecule has 8 heteroatoms. The van der Waals surface area contributed by atoms with Gasteiger partial charge in [0.05, 0.1) is 48.2 Å². The van der Waals surface area contributed by atoms with E-state index in [1.807, 2.05) is 37.5 Å². The molecule has 0 aliphatic carbocycles. The van der Waals surface area contributed by atoms with Crippen LogP contribution in [0.1, 0.15) is 18.4 Å². The lowest BCUT2D eigenvalue weighted by Crippen LogP contribution is -2.16. The SMILES string of the molecule is COc1cc2c(cc1-c1c(C)noc1C)ncc1nc(N)n(CC(C)OC)c12. The lowest BCUT2D eigenvalue weighted by Gasteiger charge is -2.14. The van der Waals surface area contributed by atoms with Crippen LogP contribution in [0, 0.1) is 13.8 Å². The van der Waals surface area contributed by atoms with Crippen molar-refractivity contribution in [3.8, 4) is 16.9 Å². The number of imidazole rings is 1. The molecule has 0 spiro atoms. The summed E-state index contributed by atoms with van der Waals surface area (Å²) in [5.74, 6) is 1.88. The number of pyridine rings is 1. The van der Waals surface area contributed by atoms with Gasteiger partial charge in [0.15, 0.2) is 0 Å². The number of ether oxygens (including phenoxy) is 2. The molecule has 1 atom stereocenters. The normalized spacial score (nSPS) is 12.8. The molecule has 3 heterocycles. The number of hydrogen-bond donors (Lipinski definition) is 1. The third-order valence-electron chi connectivity index (χ3n) is 5.07. The highest BCUT2D eigenvalue weighted by Crippen LogP contribution is 2.39. The van der Waals surface area contributed by atoms with Gasteiger partial charge >= 0.3 is 0 Å². The van der Waals surface area contributed by atoms with E-state index in [4.69, 9.17) is 19.7 Å². The van der Waals surface area contributed by atoms with Crippen molar-refractivity contribution in [2.24, 2.45) is 0 Å². The number of methoxy groups -OCH3 is 2. The molecule has 28 heavy (non-hydrogen) atoms. The van der Waals surface area contributed by atoms with Crippen molar-refractivity contribution in [2.75, 3.05) is 20.0 Å². The molecule has 4 aromatic rings. The average Bonchev–Trinajstić information content (AvgIpc) is 3.19. The van der Waals surface area contributed by atoms with Gasteiger partial charge in [0.25, 0.3) is 0 Å². The maximum absolute atomic E-state index is 6.18. The van der Waals surface area contributed by atoms with Crippen LogP contribution in [0.2, 0.25) is 0 Å². The van der Waals surface area contributed by atoms with E-state index >= 15 is 0 Å². The Kier molecular flexibility index (Phi) is 4.43. The minimum Gasteiger partial charge on any atom is -0.496 e. The van der Waals surface area contributed by atoms with E-state index in [9.17, 15) is 0 Å². The van der Waals surface area contributed by atoms with E-state index in [0.29, 0.717) is 18.2 Å². The molecule has 1 aromatic carbocycles. The number of rotatable bonds is 5. The van der Waals surface area contributed by atoms with Gasteiger partial charge in [-0.25, -0.2) is 4.98 Å². The van der Waals surface area contributed by atoms with Crippen LogP contribution in [0.3, 0.4) is 0 Å². The molecule has 0 saturated carbocycles. The van der Waals surface area contributed by atoms with E-state index in [0.717, 1.165) is 44.5 Å². The minimum atomic E-state index is -0.00797. The van der Waals surface area contributed by atoms with Gasteiger partial charge in [-0.1, -0.05) is 5.16 Å². The molecule has 0 bridgehead atoms. The molecule has 3 aromatic heterocycles. The monoisotopic (exact) mass is 381 g/mol. The summed E-state index contributed by atoms with van der Waals surface area (Å²) < 4.78 is 18.4. The average molecular weight is 381 g/mol. The van der Waals surface area contributed by atoms with E-state index < -0.39 is 0 Å². The number of aromatic nitrogens is 4. The van der Waals surface area contributed by atoms with Crippen molar-refractivity contribution in [3.05, 3.63) is 29.8 Å². The van der Waals surface area contributed by atoms with Crippen LogP contribution in [0.25, 0.3) is 33.1 Å². The summed E-state index contributed by atoms with van der Waals surface area (Å²) in [5.41, 5.74) is 11.3. The molecule has 0 radical (unpaired) electrons. The van der Waals surface area contributed by atoms with E-state index in [1.54, 1.807) is 20.4 Å². The molecule has 146 valence electrons. The molecule has 0 aliphatic rings. The molecule has 0 fully saturated rings. The van der Waals surface area contributed by atoms with Gasteiger partial charge in [-0.2, -0.15) is 0 Å². The van der Waals surface area contributed by atoms with Crippen LogP contribution in [0.4, 0.5) is 5.95 Å². The van der Waals surface area contributed by atoms with Crippen LogP contribution < -0.4 is 10.5 Å². The zero-order valence-electron chi connectivity index (χ0n) is 16.6. The van der Waals surface area contributed by atoms with Gasteiger partial charge < -0.3 is 24.3 Å². The Hall–Kier alpha value is -3.13. The highest BCUT2D eigenvalue weighted by molar-refractivity contribution is 6.05. The summed E-state index contributed by atoms with van der Waals surface area (Å²) in [6.45, 7) is 6.38. The standard InChI is InChI=1S/C20H23N5O3/c1-10(26-4)9-25-19-13-7-17(27-5)14(18-11(2)24-28-12(18)3)6-15(13)22-8-16(19)23-20(25)21/h6-8,10H,9H2,1-5H3,(H2,21,23). The van der Waals surface area contributed by atoms with Crippen LogP contribution in [0.5, 0.6) is 5.75 Å². The first-order valence-electron chi connectivity index (χ1n) is 9.03. The highest BCUT2D eigenvalue weighted by Gasteiger charge is 2.20. The minimum absolute atomic E-state index is 0.00797. The Bertz CT molecular complexity index is 1160. The smallest absolute Gasteiger partial charge is 0.201 e. The molecule has 1 unspecified atom stereocenters. The Morgan fingerprint density at radius 2 is 2.00 bits per heavy atom. The molecular weight excluding hydrogens is 358 g/mol. The van der Waals surface area contributed by atoms with Gasteiger partial charge in [0, 0.05) is 18.1 Å². The predicted molar refractivity (Wildman–Crippen MR) is 107 cm³/mol. The number of hydrogen-bond acceptors (Lipinski definition) is 7. The van der Waals surface area contributed by atoms with Crippen LogP contribution in [-0.2, 0) is 11.3 Å². The lowest BCUT2D eigenvalue weighted by molar-refractivity contribution is 0.105. The largest absolute Gasteiger partial charge is 0.496 e. The number of anilines is 1. The van der Waals surface area contributed by atoms with Crippen LogP contribution in [-0.4, -0.2) is 40.0 Å². The van der Waals surface area contributed by atoms with Gasteiger partial charge in [-0.3, -0.25) is 4.98 Å². The second kappa shape index (κ2) is 6.79. The van der Waals surface area contributed by atoms with E-state index in [1.165, 1.54) is 0 Å². The quantitative estimate of drug-likeness (QED) is 0.565. The molecule has 0 aliphatic heterocycles. The zero-order valence-corrected chi connectivity index (χ0v) is 16.6. The molecule has 0 amide bonds. The van der Waals surface area contributed by atoms with Gasteiger partial charge in [-0.15, -0.1) is 0 Å². The summed E-state index contributed by atoms with van der Waals surface area (Å²) in [5, 5.41) is 4.98. The van der Waals surface area contributed by atoms with Gasteiger partial charge in [-0.05, 0) is 32.9 Å². The predicted octanol–water partition coefficient (Wildman–Crippen LogP) is 3.48. The number of benzene rings is 1. The number of nitrogens with two attached hydrogens (primary N) is 1. The number of nitrogen functional groups attached to an aromatic ring is 1. The molecule has 0 saturated heterocycles. The Balaban J connectivity index is 2.02. The first kappa shape index (κ1) is 18.2. The maximum Gasteiger partial charge on any atom is 0.201 e. The van der Waals surface area contributed by atoms with Crippen LogP contribution >= 0.6 is 0 Å². The van der Waals surface area contributed by atoms with Crippen molar-refractivity contribution in [3.63, 3.8) is 0 Å². The number of aryl methyl sites for hydroxylation is 2. The second-order valence-corrected chi connectivity index (χ2v) is 6.89. The Morgan fingerprint density at radius 1 is 1.21 bits per heavy atom. The van der Waals surface area contributed by atoms with Crippen molar-refractivity contribution < 1.29 is 14.0 Å². The summed E-state index contributed by atoms with van der Waals surface area (Å²) >= 11 is 0. The summed E-state index contributed by atoms with van der Waals surface area (Å²) in [6.07, 6.45) is 1.73. The molecular formula is C20H23N5O3. The second-order valence-electron chi connectivity index (χ2n) is 6.89. The lowest BCUT2D eigenvalue weighted by atomic mass is 10.0. The zero-order chi connectivity index (χ0) is 20.0. The third kappa shape index (κ3) is 2.77. The number of fused-ring (bicyclic) bond motifs is 3. The van der Waals surface area contributed by atoms with Crippen molar-refractivity contribution in [1.82, 2.24) is 19.7 Å². The Labute approximate surface area is 162 Å². The first-order valence-corrected chi connectivity index (χ1v) is 9.03. The molecule has 2 N–H and O–H groups in total. The fourth-order valence-electron chi connectivity index (χ4n) is 3.61. The van der Waals surface area contributed by atoms with E-state index in [-0.39, 0.29) is 6.10 Å². The number of nitrogens with zero attached hydrogens (tertiary/aromatic N) is 4. The van der Waals surface area contributed by atoms with Crippen molar-refractivity contribution >= 4 is 27.9 Å². The van der Waals surface area contributed by atoms with E-state index in [2.05, 4.69) is 15.1 Å². The summed E-state index contributed by atoms with van der Waals surface area (Å²) in [7, 11) is 3.33. The summed E-state index contributed by atoms with van der Waals surface area (Å²) in [6, 6.07) is 3.97. The fraction of sp³-hybridized carbons (Fsp3) is 0.350. The highest BCUT2D eigenvalue weighted by atomic mass is 16.5. The van der Waals surface area contributed by atoms with Gasteiger partial charge in [0.2, 0.25) is 5.95 Å². The van der Waals surface area contributed by atoms with Crippen molar-refractivity contribution in [2.45, 2.75) is 33.4 Å². The van der Waals surface area contributed by atoms with Crippen LogP contribution in [0.15, 0.2) is 22.9 Å². The molecule has 4 rings (SSSR count). The maximum atomic E-state index is 6.18. The first-order chi connectivity index (χ1) is 13.4.